The Hall–Kier alpha value is -1.59. The van der Waals surface area contributed by atoms with Crippen molar-refractivity contribution in [2.24, 2.45) is 5.73 Å². The van der Waals surface area contributed by atoms with Gasteiger partial charge in [0.1, 0.15) is 0 Å². The first-order valence-corrected chi connectivity index (χ1v) is 7.47. The van der Waals surface area contributed by atoms with Crippen LogP contribution in [0.1, 0.15) is 25.3 Å². The normalized spacial score (nSPS) is 18.6. The van der Waals surface area contributed by atoms with E-state index in [0.717, 1.165) is 12.0 Å². The summed E-state index contributed by atoms with van der Waals surface area (Å²) in [7, 11) is 0. The maximum atomic E-state index is 12.4. The quantitative estimate of drug-likeness (QED) is 0.910. The van der Waals surface area contributed by atoms with Crippen molar-refractivity contribution in [3.8, 4) is 0 Å². The zero-order valence-electron chi connectivity index (χ0n) is 12.9. The molecule has 2 N–H and O–H groups in total. The monoisotopic (exact) mass is 325 g/mol. The van der Waals surface area contributed by atoms with E-state index in [-0.39, 0.29) is 36.8 Å². The van der Waals surface area contributed by atoms with Crippen molar-refractivity contribution in [2.75, 3.05) is 19.6 Å². The number of halogens is 1. The summed E-state index contributed by atoms with van der Waals surface area (Å²) in [4.78, 5) is 27.8. The molecule has 1 fully saturated rings. The molecule has 22 heavy (non-hydrogen) atoms. The summed E-state index contributed by atoms with van der Waals surface area (Å²) < 4.78 is 0. The van der Waals surface area contributed by atoms with E-state index in [1.807, 2.05) is 42.2 Å². The van der Waals surface area contributed by atoms with Gasteiger partial charge in [-0.2, -0.15) is 0 Å². The number of benzene rings is 1. The average molecular weight is 326 g/mol. The molecule has 1 aromatic carbocycles. The predicted molar refractivity (Wildman–Crippen MR) is 88.6 cm³/mol. The molecule has 0 aromatic heterocycles. The summed E-state index contributed by atoms with van der Waals surface area (Å²) >= 11 is 0. The fourth-order valence-corrected chi connectivity index (χ4v) is 2.72. The number of hydrogen-bond acceptors (Lipinski definition) is 3. The molecule has 0 spiro atoms. The number of carbonyl (C=O) groups is 2. The van der Waals surface area contributed by atoms with E-state index >= 15 is 0 Å². The van der Waals surface area contributed by atoms with E-state index in [4.69, 9.17) is 5.73 Å². The first-order valence-electron chi connectivity index (χ1n) is 7.47. The van der Waals surface area contributed by atoms with Crippen molar-refractivity contribution in [3.05, 3.63) is 35.9 Å². The second kappa shape index (κ2) is 8.76. The van der Waals surface area contributed by atoms with Gasteiger partial charge in [-0.15, -0.1) is 12.4 Å². The lowest BCUT2D eigenvalue weighted by atomic mass is 10.1. The molecule has 5 nitrogen and oxygen atoms in total. The largest absolute Gasteiger partial charge is 0.339 e. The summed E-state index contributed by atoms with van der Waals surface area (Å²) in [6.07, 6.45) is 1.20. The van der Waals surface area contributed by atoms with Gasteiger partial charge >= 0.3 is 0 Å². The fraction of sp³-hybridized carbons (Fsp3) is 0.500. The van der Waals surface area contributed by atoms with Crippen LogP contribution in [0.15, 0.2) is 30.3 Å². The van der Waals surface area contributed by atoms with Gasteiger partial charge in [-0.3, -0.25) is 9.59 Å². The molecule has 122 valence electrons. The third-order valence-electron chi connectivity index (χ3n) is 3.98. The smallest absolute Gasteiger partial charge is 0.236 e. The highest BCUT2D eigenvalue weighted by atomic mass is 35.5. The van der Waals surface area contributed by atoms with Gasteiger partial charge in [-0.1, -0.05) is 37.3 Å². The molecule has 1 aliphatic rings. The molecule has 0 aliphatic carbocycles. The standard InChI is InChI=1S/C16H23N3O2.ClH/c1-2-14-12-18(16(21)10-17)9-8-15(20)19(14)11-13-6-4-3-5-7-13;/h3-7,14H,2,8-12,17H2,1H3;1H. The minimum Gasteiger partial charge on any atom is -0.339 e. The van der Waals surface area contributed by atoms with Gasteiger partial charge in [0.25, 0.3) is 0 Å². The van der Waals surface area contributed by atoms with E-state index < -0.39 is 0 Å². The second-order valence-electron chi connectivity index (χ2n) is 5.36. The van der Waals surface area contributed by atoms with E-state index in [9.17, 15) is 9.59 Å². The van der Waals surface area contributed by atoms with Gasteiger partial charge in [0, 0.05) is 32.1 Å². The Labute approximate surface area is 137 Å². The van der Waals surface area contributed by atoms with Crippen LogP contribution in [0.4, 0.5) is 0 Å². The van der Waals surface area contributed by atoms with Crippen LogP contribution in [0.3, 0.4) is 0 Å². The maximum Gasteiger partial charge on any atom is 0.236 e. The van der Waals surface area contributed by atoms with Crippen LogP contribution >= 0.6 is 12.4 Å². The molecular weight excluding hydrogens is 302 g/mol. The Morgan fingerprint density at radius 2 is 2.00 bits per heavy atom. The lowest BCUT2D eigenvalue weighted by Crippen LogP contribution is -2.45. The number of amides is 2. The minimum atomic E-state index is -0.0807. The number of hydrogen-bond donors (Lipinski definition) is 1. The third-order valence-corrected chi connectivity index (χ3v) is 3.98. The topological polar surface area (TPSA) is 66.6 Å². The van der Waals surface area contributed by atoms with Crippen LogP contribution in [0, 0.1) is 0 Å². The first-order chi connectivity index (χ1) is 10.2. The molecule has 1 atom stereocenters. The molecule has 1 aromatic rings. The van der Waals surface area contributed by atoms with Crippen LogP contribution in [-0.2, 0) is 16.1 Å². The van der Waals surface area contributed by atoms with Crippen molar-refractivity contribution in [1.29, 1.82) is 0 Å². The Morgan fingerprint density at radius 3 is 2.59 bits per heavy atom. The van der Waals surface area contributed by atoms with Crippen LogP contribution in [0.2, 0.25) is 0 Å². The van der Waals surface area contributed by atoms with Crippen molar-refractivity contribution in [2.45, 2.75) is 32.4 Å². The molecule has 2 rings (SSSR count). The summed E-state index contributed by atoms with van der Waals surface area (Å²) in [5, 5.41) is 0. The van der Waals surface area contributed by atoms with Crippen LogP contribution in [-0.4, -0.2) is 47.3 Å². The summed E-state index contributed by atoms with van der Waals surface area (Å²) in [6, 6.07) is 10.0. The van der Waals surface area contributed by atoms with Gasteiger partial charge in [-0.25, -0.2) is 0 Å². The number of carbonyl (C=O) groups excluding carboxylic acids is 2. The fourth-order valence-electron chi connectivity index (χ4n) is 2.72. The molecule has 0 saturated carbocycles. The lowest BCUT2D eigenvalue weighted by molar-refractivity contribution is -0.133. The van der Waals surface area contributed by atoms with Gasteiger partial charge in [-0.05, 0) is 12.0 Å². The molecule has 1 aliphatic heterocycles. The highest BCUT2D eigenvalue weighted by Gasteiger charge is 2.30. The van der Waals surface area contributed by atoms with Gasteiger partial charge in [0.2, 0.25) is 11.8 Å². The Morgan fingerprint density at radius 1 is 1.32 bits per heavy atom. The van der Waals surface area contributed by atoms with E-state index in [1.165, 1.54) is 0 Å². The zero-order valence-corrected chi connectivity index (χ0v) is 13.7. The van der Waals surface area contributed by atoms with Gasteiger partial charge in [0.15, 0.2) is 0 Å². The third kappa shape index (κ3) is 4.45. The highest BCUT2D eigenvalue weighted by molar-refractivity contribution is 5.85. The maximum absolute atomic E-state index is 12.4. The van der Waals surface area contributed by atoms with Crippen LogP contribution in [0.5, 0.6) is 0 Å². The Bertz CT molecular complexity index is 495. The highest BCUT2D eigenvalue weighted by Crippen LogP contribution is 2.17. The van der Waals surface area contributed by atoms with Crippen molar-refractivity contribution in [3.63, 3.8) is 0 Å². The predicted octanol–water partition coefficient (Wildman–Crippen LogP) is 1.41. The van der Waals surface area contributed by atoms with E-state index in [1.54, 1.807) is 4.90 Å². The number of rotatable bonds is 4. The molecule has 1 heterocycles. The minimum absolute atomic E-state index is 0. The van der Waals surface area contributed by atoms with Gasteiger partial charge < -0.3 is 15.5 Å². The van der Waals surface area contributed by atoms with Crippen molar-refractivity contribution < 1.29 is 9.59 Å². The summed E-state index contributed by atoms with van der Waals surface area (Å²) in [5.74, 6) is 0.0286. The van der Waals surface area contributed by atoms with E-state index in [2.05, 4.69) is 0 Å². The molecule has 1 unspecified atom stereocenters. The van der Waals surface area contributed by atoms with Crippen molar-refractivity contribution in [1.82, 2.24) is 9.80 Å². The van der Waals surface area contributed by atoms with E-state index in [0.29, 0.717) is 26.1 Å². The molecule has 6 heteroatoms. The number of nitrogens with zero attached hydrogens (tertiary/aromatic N) is 2. The Kier molecular flexibility index (Phi) is 7.35. The second-order valence-corrected chi connectivity index (χ2v) is 5.36. The average Bonchev–Trinajstić information content (AvgIpc) is 2.68. The SMILES string of the molecule is CCC1CN(C(=O)CN)CCC(=O)N1Cc1ccccc1.Cl. The van der Waals surface area contributed by atoms with Crippen molar-refractivity contribution >= 4 is 24.2 Å². The summed E-state index contributed by atoms with van der Waals surface area (Å²) in [5.41, 5.74) is 6.56. The molecular formula is C16H24ClN3O2. The Balaban J connectivity index is 0.00000242. The molecule has 2 amide bonds. The zero-order chi connectivity index (χ0) is 15.2. The molecule has 0 bridgehead atoms. The summed E-state index contributed by atoms with van der Waals surface area (Å²) in [6.45, 7) is 3.69. The molecule has 1 saturated heterocycles. The van der Waals surface area contributed by atoms with Crippen LogP contribution in [0.25, 0.3) is 0 Å². The molecule has 0 radical (unpaired) electrons. The van der Waals surface area contributed by atoms with Gasteiger partial charge in [0.05, 0.1) is 6.54 Å². The first kappa shape index (κ1) is 18.5. The number of nitrogens with two attached hydrogens (primary N) is 1. The van der Waals surface area contributed by atoms with Crippen LogP contribution < -0.4 is 5.73 Å². The lowest BCUT2D eigenvalue weighted by Gasteiger charge is -2.31.